The molecule has 1 N–H and O–H groups in total. The van der Waals surface area contributed by atoms with Crippen LogP contribution in [0.5, 0.6) is 0 Å². The maximum absolute atomic E-state index is 11.5. The number of anilines is 1. The molecule has 1 heterocycles. The third kappa shape index (κ3) is 3.61. The average Bonchev–Trinajstić information content (AvgIpc) is 2.74. The summed E-state index contributed by atoms with van der Waals surface area (Å²) in [6.45, 7) is 6.30. The summed E-state index contributed by atoms with van der Waals surface area (Å²) < 4.78 is 25.6. The number of nitrogens with one attached hydrogen (secondary N) is 1. The highest BCUT2D eigenvalue weighted by atomic mass is 32.2. The lowest BCUT2D eigenvalue weighted by atomic mass is 9.99. The molecule has 5 heteroatoms. The van der Waals surface area contributed by atoms with Gasteiger partial charge in [0.2, 0.25) is 10.0 Å². The van der Waals surface area contributed by atoms with Crippen LogP contribution in [-0.4, -0.2) is 14.7 Å². The van der Waals surface area contributed by atoms with E-state index in [-0.39, 0.29) is 0 Å². The molecule has 2 aromatic rings. The van der Waals surface area contributed by atoms with E-state index < -0.39 is 10.0 Å². The second-order valence-electron chi connectivity index (χ2n) is 5.24. The monoisotopic (exact) mass is 309 g/mol. The zero-order valence-corrected chi connectivity index (χ0v) is 13.7. The van der Waals surface area contributed by atoms with Crippen molar-refractivity contribution in [3.63, 3.8) is 0 Å². The lowest BCUT2D eigenvalue weighted by molar-refractivity contribution is 0.607. The van der Waals surface area contributed by atoms with Crippen LogP contribution in [0, 0.1) is 6.92 Å². The lowest BCUT2D eigenvalue weighted by Crippen LogP contribution is -2.10. The molecule has 108 valence electrons. The Morgan fingerprint density at radius 1 is 1.15 bits per heavy atom. The molecule has 20 heavy (non-hydrogen) atoms. The normalized spacial score (nSPS) is 11.8. The van der Waals surface area contributed by atoms with E-state index in [1.54, 1.807) is 11.3 Å². The van der Waals surface area contributed by atoms with Crippen molar-refractivity contribution in [3.05, 3.63) is 40.8 Å². The first-order valence-corrected chi connectivity index (χ1v) is 9.15. The minimum Gasteiger partial charge on any atom is -0.283 e. The summed E-state index contributed by atoms with van der Waals surface area (Å²) in [5.74, 6) is 0.405. The Kier molecular flexibility index (Phi) is 4.20. The fraction of sp³-hybridized carbons (Fsp3) is 0.333. The van der Waals surface area contributed by atoms with Gasteiger partial charge in [0.1, 0.15) is 0 Å². The Morgan fingerprint density at radius 3 is 2.35 bits per heavy atom. The topological polar surface area (TPSA) is 46.2 Å². The fourth-order valence-corrected chi connectivity index (χ4v) is 3.47. The second-order valence-corrected chi connectivity index (χ2v) is 8.28. The SMILES string of the molecule is Cc1ccc(-c2cc(C(C)C)ccc2NS(C)(=O)=O)s1. The van der Waals surface area contributed by atoms with Gasteiger partial charge in [0, 0.05) is 15.3 Å². The number of hydrogen-bond donors (Lipinski definition) is 1. The molecule has 1 aromatic heterocycles. The van der Waals surface area contributed by atoms with Gasteiger partial charge in [-0.15, -0.1) is 11.3 Å². The van der Waals surface area contributed by atoms with Crippen molar-refractivity contribution < 1.29 is 8.42 Å². The van der Waals surface area contributed by atoms with Crippen molar-refractivity contribution in [2.45, 2.75) is 26.7 Å². The van der Waals surface area contributed by atoms with Crippen molar-refractivity contribution in [1.29, 1.82) is 0 Å². The molecule has 0 saturated carbocycles. The number of rotatable bonds is 4. The molecule has 0 bridgehead atoms. The molecule has 0 radical (unpaired) electrons. The second kappa shape index (κ2) is 5.58. The molecular weight excluding hydrogens is 290 g/mol. The quantitative estimate of drug-likeness (QED) is 0.919. The molecule has 0 unspecified atom stereocenters. The first-order chi connectivity index (χ1) is 9.26. The van der Waals surface area contributed by atoms with Gasteiger partial charge in [0.15, 0.2) is 0 Å². The number of hydrogen-bond acceptors (Lipinski definition) is 3. The Balaban J connectivity index is 2.57. The van der Waals surface area contributed by atoms with Crippen LogP contribution in [0.2, 0.25) is 0 Å². The van der Waals surface area contributed by atoms with E-state index in [1.807, 2.05) is 31.2 Å². The largest absolute Gasteiger partial charge is 0.283 e. The highest BCUT2D eigenvalue weighted by Crippen LogP contribution is 2.35. The van der Waals surface area contributed by atoms with Gasteiger partial charge >= 0.3 is 0 Å². The number of aryl methyl sites for hydroxylation is 1. The van der Waals surface area contributed by atoms with Crippen LogP contribution in [0.4, 0.5) is 5.69 Å². The number of thiophene rings is 1. The maximum atomic E-state index is 11.5. The predicted molar refractivity (Wildman–Crippen MR) is 87.0 cm³/mol. The molecular formula is C15H19NO2S2. The standard InChI is InChI=1S/C15H19NO2S2/c1-10(2)12-6-7-14(16-20(4,17)18)13(9-12)15-8-5-11(3)19-15/h5-10,16H,1-4H3. The molecule has 0 aliphatic heterocycles. The zero-order valence-electron chi connectivity index (χ0n) is 12.1. The molecule has 0 spiro atoms. The first-order valence-electron chi connectivity index (χ1n) is 6.45. The van der Waals surface area contributed by atoms with Crippen molar-refractivity contribution in [2.24, 2.45) is 0 Å². The van der Waals surface area contributed by atoms with Crippen LogP contribution in [0.25, 0.3) is 10.4 Å². The molecule has 0 amide bonds. The maximum Gasteiger partial charge on any atom is 0.229 e. The highest BCUT2D eigenvalue weighted by Gasteiger charge is 2.13. The Bertz CT molecular complexity index is 715. The minimum absolute atomic E-state index is 0.405. The van der Waals surface area contributed by atoms with Crippen molar-refractivity contribution in [1.82, 2.24) is 0 Å². The summed E-state index contributed by atoms with van der Waals surface area (Å²) in [5.41, 5.74) is 2.78. The van der Waals surface area contributed by atoms with Crippen LogP contribution in [0.1, 0.15) is 30.2 Å². The summed E-state index contributed by atoms with van der Waals surface area (Å²) in [6, 6.07) is 9.98. The van der Waals surface area contributed by atoms with E-state index >= 15 is 0 Å². The third-order valence-corrected chi connectivity index (χ3v) is 4.64. The van der Waals surface area contributed by atoms with Crippen LogP contribution in [0.3, 0.4) is 0 Å². The average molecular weight is 309 g/mol. The van der Waals surface area contributed by atoms with E-state index in [2.05, 4.69) is 24.6 Å². The van der Waals surface area contributed by atoms with Crippen LogP contribution < -0.4 is 4.72 Å². The van der Waals surface area contributed by atoms with E-state index in [9.17, 15) is 8.42 Å². The Hall–Kier alpha value is -1.33. The summed E-state index contributed by atoms with van der Waals surface area (Å²) in [4.78, 5) is 2.29. The number of sulfonamides is 1. The van der Waals surface area contributed by atoms with Crippen LogP contribution in [0.15, 0.2) is 30.3 Å². The summed E-state index contributed by atoms with van der Waals surface area (Å²) >= 11 is 1.67. The van der Waals surface area contributed by atoms with Crippen LogP contribution >= 0.6 is 11.3 Å². The van der Waals surface area contributed by atoms with Crippen molar-refractivity contribution in [2.75, 3.05) is 11.0 Å². The summed E-state index contributed by atoms with van der Waals surface area (Å²) in [6.07, 6.45) is 1.17. The van der Waals surface area contributed by atoms with Gasteiger partial charge in [-0.25, -0.2) is 8.42 Å². The Morgan fingerprint density at radius 2 is 1.85 bits per heavy atom. The van der Waals surface area contributed by atoms with Gasteiger partial charge < -0.3 is 0 Å². The molecule has 0 saturated heterocycles. The van der Waals surface area contributed by atoms with Gasteiger partial charge in [-0.2, -0.15) is 0 Å². The predicted octanol–water partition coefficient (Wildman–Crippen LogP) is 4.22. The van der Waals surface area contributed by atoms with Gasteiger partial charge in [-0.05, 0) is 42.7 Å². The zero-order chi connectivity index (χ0) is 14.9. The van der Waals surface area contributed by atoms with Gasteiger partial charge in [-0.3, -0.25) is 4.72 Å². The van der Waals surface area contributed by atoms with Crippen molar-refractivity contribution >= 4 is 27.0 Å². The number of benzene rings is 1. The van der Waals surface area contributed by atoms with Gasteiger partial charge in [0.05, 0.1) is 11.9 Å². The molecule has 1 aromatic carbocycles. The van der Waals surface area contributed by atoms with E-state index in [1.165, 1.54) is 16.7 Å². The third-order valence-electron chi connectivity index (χ3n) is 3.01. The molecule has 0 aliphatic rings. The van der Waals surface area contributed by atoms with Gasteiger partial charge in [0.25, 0.3) is 0 Å². The summed E-state index contributed by atoms with van der Waals surface area (Å²) in [5, 5.41) is 0. The molecule has 0 aliphatic carbocycles. The minimum atomic E-state index is -3.28. The lowest BCUT2D eigenvalue weighted by Gasteiger charge is -2.13. The smallest absolute Gasteiger partial charge is 0.229 e. The molecule has 2 rings (SSSR count). The van der Waals surface area contributed by atoms with E-state index in [0.29, 0.717) is 11.6 Å². The van der Waals surface area contributed by atoms with Gasteiger partial charge in [-0.1, -0.05) is 19.9 Å². The van der Waals surface area contributed by atoms with E-state index in [4.69, 9.17) is 0 Å². The summed E-state index contributed by atoms with van der Waals surface area (Å²) in [7, 11) is -3.28. The molecule has 3 nitrogen and oxygen atoms in total. The van der Waals surface area contributed by atoms with Crippen LogP contribution in [-0.2, 0) is 10.0 Å². The first kappa shape index (κ1) is 15.1. The highest BCUT2D eigenvalue weighted by molar-refractivity contribution is 7.92. The van der Waals surface area contributed by atoms with Crippen molar-refractivity contribution in [3.8, 4) is 10.4 Å². The fourth-order valence-electron chi connectivity index (χ4n) is 1.99. The Labute approximate surface area is 124 Å². The molecule has 0 fully saturated rings. The molecule has 0 atom stereocenters. The van der Waals surface area contributed by atoms with E-state index in [0.717, 1.165) is 10.4 Å².